The van der Waals surface area contributed by atoms with Crippen LogP contribution in [0.4, 0.5) is 4.39 Å². The van der Waals surface area contributed by atoms with Gasteiger partial charge in [-0.25, -0.2) is 4.39 Å². The van der Waals surface area contributed by atoms with Gasteiger partial charge in [0.2, 0.25) is 11.8 Å². The van der Waals surface area contributed by atoms with Gasteiger partial charge in [-0.1, -0.05) is 6.07 Å². The zero-order valence-electron chi connectivity index (χ0n) is 23.5. The molecule has 1 unspecified atom stereocenters. The van der Waals surface area contributed by atoms with Gasteiger partial charge in [-0.15, -0.1) is 4.90 Å². The van der Waals surface area contributed by atoms with E-state index in [1.54, 1.807) is 0 Å². The highest BCUT2D eigenvalue weighted by molar-refractivity contribution is 6.06. The highest BCUT2D eigenvalue weighted by atomic mass is 19.1. The van der Waals surface area contributed by atoms with Crippen LogP contribution in [0.2, 0.25) is 0 Å². The number of halogens is 1. The average molecular weight is 691 g/mol. The molecule has 23 heteroatoms. The average Bonchev–Trinajstić information content (AvgIpc) is 3.12. The Hall–Kier alpha value is -3.86. The predicted octanol–water partition coefficient (Wildman–Crippen LogP) is -7.66. The van der Waals surface area contributed by atoms with Crippen LogP contribution in [-0.2, 0) is 32.1 Å². The first-order valence-corrected chi connectivity index (χ1v) is 13.2. The van der Waals surface area contributed by atoms with Crippen molar-refractivity contribution in [2.75, 3.05) is 0 Å². The van der Waals surface area contributed by atoms with Crippen LogP contribution in [0.25, 0.3) is 0 Å². The Morgan fingerprint density at radius 3 is 2.02 bits per heavy atom. The van der Waals surface area contributed by atoms with Crippen LogP contribution in [0, 0.1) is 5.82 Å². The fourth-order valence-corrected chi connectivity index (χ4v) is 5.42. The highest BCUT2D eigenvalue weighted by Crippen LogP contribution is 2.48. The lowest BCUT2D eigenvalue weighted by Crippen LogP contribution is -2.87. The van der Waals surface area contributed by atoms with Gasteiger partial charge >= 0.3 is 29.7 Å². The molecule has 2 fully saturated rings. The maximum Gasteiger partial charge on any atom is 0.356 e. The summed E-state index contributed by atoms with van der Waals surface area (Å²) in [6.45, 7) is 0. The first-order valence-electron chi connectivity index (χ1n) is 13.2. The van der Waals surface area contributed by atoms with Crippen molar-refractivity contribution in [2.24, 2.45) is 0 Å². The topological polar surface area (TPSA) is 371 Å². The zero-order valence-corrected chi connectivity index (χ0v) is 23.5. The first kappa shape index (κ1) is 35.4. The number of benzene rings is 2. The molecule has 3 amide bonds. The quantitative estimate of drug-likeness (QED) is 0.0987. The molecule has 48 heavy (non-hydrogen) atoms. The Labute approximate surface area is 263 Å². The number of morpholine rings is 1. The Morgan fingerprint density at radius 1 is 0.875 bits per heavy atom. The van der Waals surface area contributed by atoms with Gasteiger partial charge in [-0.05, 0) is 36.8 Å². The molecule has 3 aliphatic heterocycles. The Morgan fingerprint density at radius 2 is 1.46 bits per heavy atom. The van der Waals surface area contributed by atoms with Crippen molar-refractivity contribution in [3.05, 3.63) is 64.5 Å². The van der Waals surface area contributed by atoms with E-state index in [0.717, 1.165) is 18.2 Å². The zero-order chi connectivity index (χ0) is 36.2. The molecule has 0 aliphatic carbocycles. The van der Waals surface area contributed by atoms with Crippen LogP contribution in [0.3, 0.4) is 0 Å². The molecule has 0 spiro atoms. The van der Waals surface area contributed by atoms with Crippen LogP contribution in [-0.4, -0.2) is 129 Å². The fourth-order valence-electron chi connectivity index (χ4n) is 5.42. The minimum atomic E-state index is -4.80. The van der Waals surface area contributed by atoms with E-state index in [9.17, 15) is 85.9 Å². The number of nitrogens with zero attached hydrogens (tertiary/aromatic N) is 2. The van der Waals surface area contributed by atoms with E-state index in [0.29, 0.717) is 0 Å². The number of carbonyl (C=O) groups is 3. The third kappa shape index (κ3) is 5.02. The number of rotatable bonds is 6. The monoisotopic (exact) mass is 691 g/mol. The van der Waals surface area contributed by atoms with Crippen LogP contribution < -0.4 is 10.1 Å². The smallest absolute Gasteiger partial charge is 0.356 e. The van der Waals surface area contributed by atoms with Gasteiger partial charge in [0.15, 0.2) is 0 Å². The number of nitrogens with one attached hydrogen (secondary N) is 1. The van der Waals surface area contributed by atoms with Gasteiger partial charge in [-0.3, -0.25) is 29.3 Å². The van der Waals surface area contributed by atoms with E-state index >= 15 is 4.39 Å². The molecule has 0 bridgehead atoms. The van der Waals surface area contributed by atoms with Gasteiger partial charge in [0.05, 0.1) is 16.7 Å². The minimum Gasteiger partial charge on any atom is -0.435 e. The summed E-state index contributed by atoms with van der Waals surface area (Å²) < 4.78 is 23.7. The maximum absolute atomic E-state index is 15.0. The second-order valence-corrected chi connectivity index (χ2v) is 10.9. The second kappa shape index (κ2) is 10.6. The van der Waals surface area contributed by atoms with Gasteiger partial charge in [0, 0.05) is 12.0 Å². The number of ether oxygens (including phenoxy) is 2. The van der Waals surface area contributed by atoms with Crippen LogP contribution in [0.15, 0.2) is 36.4 Å². The number of carbonyl (C=O) groups excluding carboxylic acids is 3. The number of piperidine rings is 1. The number of aliphatic hydroxyl groups is 14. The van der Waals surface area contributed by atoms with Gasteiger partial charge in [0.25, 0.3) is 17.7 Å². The molecular formula is C25H26FN3O19. The lowest BCUT2D eigenvalue weighted by molar-refractivity contribution is -0.681. The highest BCUT2D eigenvalue weighted by Gasteiger charge is 2.78. The van der Waals surface area contributed by atoms with Crippen LogP contribution >= 0.6 is 0 Å². The molecule has 15 N–H and O–H groups in total. The molecule has 3 heterocycles. The Bertz CT molecular complexity index is 1680. The van der Waals surface area contributed by atoms with Crippen molar-refractivity contribution in [2.45, 2.75) is 60.4 Å². The molecular weight excluding hydrogens is 665 g/mol. The van der Waals surface area contributed by atoms with Crippen LogP contribution in [0.1, 0.15) is 39.9 Å². The molecule has 0 radical (unpaired) electrons. The molecule has 22 nitrogen and oxygen atoms in total. The summed E-state index contributed by atoms with van der Waals surface area (Å²) in [5, 5.41) is 147. The minimum absolute atomic E-state index is 0.0129. The van der Waals surface area contributed by atoms with Crippen molar-refractivity contribution >= 4 is 17.7 Å². The summed E-state index contributed by atoms with van der Waals surface area (Å²) in [6.07, 6.45) is -0.661. The lowest BCUT2D eigenvalue weighted by atomic mass is 10.0. The van der Waals surface area contributed by atoms with E-state index < -0.39 is 104 Å². The van der Waals surface area contributed by atoms with Crippen LogP contribution in [0.5, 0.6) is 5.75 Å². The summed E-state index contributed by atoms with van der Waals surface area (Å²) in [5.74, 6) is -36.6. The maximum atomic E-state index is 15.0. The largest absolute Gasteiger partial charge is 0.435 e. The molecule has 2 aromatic rings. The molecule has 2 saturated heterocycles. The van der Waals surface area contributed by atoms with Gasteiger partial charge in [-0.2, -0.15) is 0 Å². The van der Waals surface area contributed by atoms with Crippen molar-refractivity contribution in [3.8, 4) is 5.75 Å². The van der Waals surface area contributed by atoms with Crippen molar-refractivity contribution in [1.29, 1.82) is 0 Å². The standard InChI is InChI=1S/C25H26FN3O19/c26-12-5-4-9(19(33,34)29-22(39,40)24(43,44)48-25(45,46)23(29,41)42)8-11(12)21(37,38)47-14-3-1-2-10-16(14)20(35,36)28(18(10)32)13-6-7-15(30)27-17(13)31/h1-5,8,13,33-46H,6-7H2,(H,27,30,31). The third-order valence-corrected chi connectivity index (χ3v) is 7.72. The Kier molecular flexibility index (Phi) is 7.80. The Balaban J connectivity index is 1.55. The summed E-state index contributed by atoms with van der Waals surface area (Å²) in [7, 11) is 0. The number of imide groups is 1. The SMILES string of the molecule is O=C1CCC(N2C(=O)c3cccc(OC(O)(O)c4cc(C(O)(O)N5C(O)(O)C(O)(O)OC(O)(O)C5(O)O)ccc4F)c3C2(O)O)C(=O)N1. The molecule has 5 rings (SSSR count). The molecule has 2 aromatic carbocycles. The number of fused-ring (bicyclic) bond motifs is 1. The van der Waals surface area contributed by atoms with E-state index in [1.165, 1.54) is 0 Å². The fraction of sp³-hybridized carbons (Fsp3) is 0.400. The molecule has 0 aromatic heterocycles. The normalized spacial score (nSPS) is 24.7. The van der Waals surface area contributed by atoms with Gasteiger partial charge < -0.3 is 76.2 Å². The van der Waals surface area contributed by atoms with Gasteiger partial charge in [0.1, 0.15) is 17.6 Å². The van der Waals surface area contributed by atoms with Crippen molar-refractivity contribution in [3.63, 3.8) is 0 Å². The first-order chi connectivity index (χ1) is 21.7. The van der Waals surface area contributed by atoms with Crippen molar-refractivity contribution < 1.29 is 99.7 Å². The van der Waals surface area contributed by atoms with E-state index in [1.807, 2.05) is 5.32 Å². The molecule has 1 atom stereocenters. The molecule has 262 valence electrons. The summed E-state index contributed by atoms with van der Waals surface area (Å²) in [6, 6.07) is 1.69. The summed E-state index contributed by atoms with van der Waals surface area (Å²) >= 11 is 0. The summed E-state index contributed by atoms with van der Waals surface area (Å²) in [5.41, 5.74) is -4.52. The third-order valence-electron chi connectivity index (χ3n) is 7.72. The second-order valence-electron chi connectivity index (χ2n) is 10.9. The van der Waals surface area contributed by atoms with E-state index in [2.05, 4.69) is 4.74 Å². The lowest BCUT2D eigenvalue weighted by Gasteiger charge is -2.57. The van der Waals surface area contributed by atoms with E-state index in [4.69, 9.17) is 4.74 Å². The molecule has 0 saturated carbocycles. The number of hydrogen-bond donors (Lipinski definition) is 15. The number of hydrogen-bond acceptors (Lipinski definition) is 20. The van der Waals surface area contributed by atoms with Crippen molar-refractivity contribution in [1.82, 2.24) is 15.1 Å². The predicted molar refractivity (Wildman–Crippen MR) is 136 cm³/mol. The van der Waals surface area contributed by atoms with E-state index in [-0.39, 0.29) is 35.9 Å². The summed E-state index contributed by atoms with van der Waals surface area (Å²) in [4.78, 5) is 36.0. The molecule has 3 aliphatic rings. The number of amides is 3.